The Balaban J connectivity index is 1.50. The highest BCUT2D eigenvalue weighted by atomic mass is 32.1. The number of nitrogens with zero attached hydrogens (tertiary/aromatic N) is 2. The third-order valence-corrected chi connectivity index (χ3v) is 6.01. The summed E-state index contributed by atoms with van der Waals surface area (Å²) in [6.45, 7) is 2.68. The fourth-order valence-corrected chi connectivity index (χ4v) is 4.47. The average Bonchev–Trinajstić information content (AvgIpc) is 3.35. The molecule has 1 aliphatic rings. The molecule has 1 aliphatic heterocycles. The molecule has 2 amide bonds. The molecule has 0 spiro atoms. The van der Waals surface area contributed by atoms with Crippen molar-refractivity contribution in [3.8, 4) is 17.2 Å². The molecule has 0 radical (unpaired) electrons. The van der Waals surface area contributed by atoms with Gasteiger partial charge >= 0.3 is 0 Å². The van der Waals surface area contributed by atoms with Crippen LogP contribution >= 0.6 is 11.3 Å². The minimum Gasteiger partial charge on any atom is -0.493 e. The number of nitrogens with one attached hydrogen (secondary N) is 1. The number of amides is 2. The largest absolute Gasteiger partial charge is 0.493 e. The molecule has 162 valence electrons. The van der Waals surface area contributed by atoms with Gasteiger partial charge in [0.15, 0.2) is 16.6 Å². The van der Waals surface area contributed by atoms with E-state index in [-0.39, 0.29) is 18.2 Å². The second-order valence-electron chi connectivity index (χ2n) is 6.99. The predicted molar refractivity (Wildman–Crippen MR) is 119 cm³/mol. The van der Waals surface area contributed by atoms with Crippen molar-refractivity contribution in [2.75, 3.05) is 37.6 Å². The molecule has 1 saturated heterocycles. The first-order valence-corrected chi connectivity index (χ1v) is 10.7. The lowest BCUT2D eigenvalue weighted by Crippen LogP contribution is -2.28. The Labute approximate surface area is 183 Å². The van der Waals surface area contributed by atoms with Crippen molar-refractivity contribution in [2.45, 2.75) is 13.3 Å². The zero-order valence-corrected chi connectivity index (χ0v) is 18.3. The van der Waals surface area contributed by atoms with Gasteiger partial charge in [0.05, 0.1) is 42.6 Å². The molecule has 31 heavy (non-hydrogen) atoms. The zero-order chi connectivity index (χ0) is 22.0. The van der Waals surface area contributed by atoms with Gasteiger partial charge in [-0.05, 0) is 19.1 Å². The first-order chi connectivity index (χ1) is 15.0. The Morgan fingerprint density at radius 1 is 1.19 bits per heavy atom. The van der Waals surface area contributed by atoms with Crippen LogP contribution in [0.25, 0.3) is 10.2 Å². The highest BCUT2D eigenvalue weighted by Crippen LogP contribution is 2.37. The summed E-state index contributed by atoms with van der Waals surface area (Å²) < 4.78 is 17.1. The summed E-state index contributed by atoms with van der Waals surface area (Å²) >= 11 is 1.34. The van der Waals surface area contributed by atoms with E-state index in [1.807, 2.05) is 37.3 Å². The van der Waals surface area contributed by atoms with Crippen LogP contribution in [0.2, 0.25) is 0 Å². The lowest BCUT2D eigenvalue weighted by molar-refractivity contribution is -0.122. The molecule has 1 aromatic heterocycles. The van der Waals surface area contributed by atoms with Crippen molar-refractivity contribution in [2.24, 2.45) is 5.92 Å². The van der Waals surface area contributed by atoms with Crippen LogP contribution in [0.3, 0.4) is 0 Å². The minimum absolute atomic E-state index is 0.105. The monoisotopic (exact) mass is 441 g/mol. The topological polar surface area (TPSA) is 90.0 Å². The second kappa shape index (κ2) is 8.81. The standard InChI is InChI=1S/C22H23N3O5S/c1-4-30-16-8-6-5-7-15(16)25-12-13(9-20(25)26)21(27)24-22-23-14-10-17(28-2)18(29-3)11-19(14)31-22/h5-8,10-11,13H,4,9,12H2,1-3H3,(H,23,24,27). The van der Waals surface area contributed by atoms with E-state index in [4.69, 9.17) is 14.2 Å². The van der Waals surface area contributed by atoms with Crippen molar-refractivity contribution >= 4 is 44.2 Å². The Bertz CT molecular complexity index is 1090. The third kappa shape index (κ3) is 4.13. The fourth-order valence-electron chi connectivity index (χ4n) is 3.59. The molecule has 1 atom stereocenters. The second-order valence-corrected chi connectivity index (χ2v) is 8.02. The summed E-state index contributed by atoms with van der Waals surface area (Å²) in [6.07, 6.45) is 0.138. The van der Waals surface area contributed by atoms with Gasteiger partial charge in [-0.1, -0.05) is 23.5 Å². The molecule has 3 aromatic rings. The Hall–Kier alpha value is -3.33. The van der Waals surface area contributed by atoms with Crippen molar-refractivity contribution in [1.82, 2.24) is 4.98 Å². The van der Waals surface area contributed by atoms with E-state index in [0.717, 1.165) is 4.70 Å². The lowest BCUT2D eigenvalue weighted by Gasteiger charge is -2.20. The van der Waals surface area contributed by atoms with Gasteiger partial charge < -0.3 is 24.4 Å². The number of hydrogen-bond donors (Lipinski definition) is 1. The molecule has 9 heteroatoms. The van der Waals surface area contributed by atoms with Gasteiger partial charge in [-0.2, -0.15) is 0 Å². The molecule has 2 heterocycles. The highest BCUT2D eigenvalue weighted by molar-refractivity contribution is 7.22. The van der Waals surface area contributed by atoms with E-state index in [1.165, 1.54) is 11.3 Å². The zero-order valence-electron chi connectivity index (χ0n) is 17.5. The van der Waals surface area contributed by atoms with Gasteiger partial charge in [0, 0.05) is 25.1 Å². The molecular formula is C22H23N3O5S. The van der Waals surface area contributed by atoms with Crippen LogP contribution in [-0.4, -0.2) is 44.2 Å². The van der Waals surface area contributed by atoms with Crippen molar-refractivity contribution < 1.29 is 23.8 Å². The summed E-state index contributed by atoms with van der Waals surface area (Å²) in [5.41, 5.74) is 1.39. The van der Waals surface area contributed by atoms with Crippen molar-refractivity contribution in [1.29, 1.82) is 0 Å². The number of benzene rings is 2. The molecule has 1 N–H and O–H groups in total. The molecule has 1 fully saturated rings. The number of anilines is 2. The number of ether oxygens (including phenoxy) is 3. The van der Waals surface area contributed by atoms with Crippen LogP contribution in [0.4, 0.5) is 10.8 Å². The van der Waals surface area contributed by atoms with Crippen LogP contribution in [-0.2, 0) is 9.59 Å². The fraction of sp³-hybridized carbons (Fsp3) is 0.318. The van der Waals surface area contributed by atoms with E-state index in [1.54, 1.807) is 25.2 Å². The van der Waals surface area contributed by atoms with E-state index in [9.17, 15) is 9.59 Å². The number of methoxy groups -OCH3 is 2. The highest BCUT2D eigenvalue weighted by Gasteiger charge is 2.36. The normalized spacial score (nSPS) is 15.9. The Kier molecular flexibility index (Phi) is 5.94. The summed E-state index contributed by atoms with van der Waals surface area (Å²) in [5, 5.41) is 3.33. The van der Waals surface area contributed by atoms with Gasteiger partial charge in [0.2, 0.25) is 11.8 Å². The van der Waals surface area contributed by atoms with Gasteiger partial charge in [0.1, 0.15) is 5.75 Å². The van der Waals surface area contributed by atoms with Crippen LogP contribution in [0.15, 0.2) is 36.4 Å². The van der Waals surface area contributed by atoms with Crippen molar-refractivity contribution in [3.63, 3.8) is 0 Å². The molecule has 2 aromatic carbocycles. The summed E-state index contributed by atoms with van der Waals surface area (Å²) in [4.78, 5) is 31.6. The van der Waals surface area contributed by atoms with E-state index in [0.29, 0.717) is 46.7 Å². The van der Waals surface area contributed by atoms with Crippen LogP contribution in [0.1, 0.15) is 13.3 Å². The third-order valence-electron chi connectivity index (χ3n) is 5.08. The molecule has 0 aliphatic carbocycles. The van der Waals surface area contributed by atoms with E-state index in [2.05, 4.69) is 10.3 Å². The lowest BCUT2D eigenvalue weighted by atomic mass is 10.1. The first-order valence-electron chi connectivity index (χ1n) is 9.89. The number of carbonyl (C=O) groups is 2. The Morgan fingerprint density at radius 3 is 2.68 bits per heavy atom. The van der Waals surface area contributed by atoms with E-state index < -0.39 is 5.92 Å². The summed E-state index contributed by atoms with van der Waals surface area (Å²) in [7, 11) is 3.13. The number of carbonyl (C=O) groups excluding carboxylic acids is 2. The van der Waals surface area contributed by atoms with Crippen LogP contribution in [0, 0.1) is 5.92 Å². The Morgan fingerprint density at radius 2 is 1.94 bits per heavy atom. The number of aromatic nitrogens is 1. The molecule has 4 rings (SSSR count). The number of hydrogen-bond acceptors (Lipinski definition) is 7. The van der Waals surface area contributed by atoms with Gasteiger partial charge in [0.25, 0.3) is 0 Å². The maximum absolute atomic E-state index is 12.9. The molecule has 0 saturated carbocycles. The van der Waals surface area contributed by atoms with Gasteiger partial charge in [-0.3, -0.25) is 9.59 Å². The first kappa shape index (κ1) is 20.9. The maximum atomic E-state index is 12.9. The quantitative estimate of drug-likeness (QED) is 0.601. The number of thiazole rings is 1. The molecule has 0 bridgehead atoms. The number of fused-ring (bicyclic) bond motifs is 1. The van der Waals surface area contributed by atoms with Gasteiger partial charge in [-0.25, -0.2) is 4.98 Å². The average molecular weight is 442 g/mol. The van der Waals surface area contributed by atoms with Crippen LogP contribution < -0.4 is 24.4 Å². The maximum Gasteiger partial charge on any atom is 0.231 e. The smallest absolute Gasteiger partial charge is 0.231 e. The SMILES string of the molecule is CCOc1ccccc1N1CC(C(=O)Nc2nc3cc(OC)c(OC)cc3s2)CC1=O. The summed E-state index contributed by atoms with van der Waals surface area (Å²) in [6, 6.07) is 11.0. The molecule has 8 nitrogen and oxygen atoms in total. The van der Waals surface area contributed by atoms with Crippen molar-refractivity contribution in [3.05, 3.63) is 36.4 Å². The number of para-hydroxylation sites is 2. The van der Waals surface area contributed by atoms with Crippen LogP contribution in [0.5, 0.6) is 17.2 Å². The number of rotatable bonds is 7. The van der Waals surface area contributed by atoms with E-state index >= 15 is 0 Å². The predicted octanol–water partition coefficient (Wildman–Crippen LogP) is 3.70. The minimum atomic E-state index is -0.474. The van der Waals surface area contributed by atoms with Gasteiger partial charge in [-0.15, -0.1) is 0 Å². The molecule has 1 unspecified atom stereocenters. The summed E-state index contributed by atoms with van der Waals surface area (Å²) in [5.74, 6) is 0.991. The molecular weight excluding hydrogens is 418 g/mol.